The van der Waals surface area contributed by atoms with Gasteiger partial charge in [0.2, 0.25) is 5.95 Å². The maximum absolute atomic E-state index is 4.82. The zero-order valence-electron chi connectivity index (χ0n) is 14.2. The van der Waals surface area contributed by atoms with Crippen LogP contribution in [0, 0.1) is 25.7 Å². The lowest BCUT2D eigenvalue weighted by molar-refractivity contribution is 0.444. The second-order valence-corrected chi connectivity index (χ2v) is 7.65. The number of hydrogen-bond acceptors (Lipinski definition) is 6. The first kappa shape index (κ1) is 14.3. The second-order valence-electron chi connectivity index (χ2n) is 7.65. The summed E-state index contributed by atoms with van der Waals surface area (Å²) in [6, 6.07) is 0. The smallest absolute Gasteiger partial charge is 0.245 e. The molecule has 126 valence electrons. The van der Waals surface area contributed by atoms with Crippen molar-refractivity contribution in [2.75, 3.05) is 18.0 Å². The molecule has 0 aromatic carbocycles. The van der Waals surface area contributed by atoms with Crippen LogP contribution in [0.5, 0.6) is 0 Å². The summed E-state index contributed by atoms with van der Waals surface area (Å²) in [6.45, 7) is 5.86. The van der Waals surface area contributed by atoms with Gasteiger partial charge in [0, 0.05) is 24.9 Å². The van der Waals surface area contributed by atoms with E-state index in [9.17, 15) is 0 Å². The Balaban J connectivity index is 1.42. The summed E-state index contributed by atoms with van der Waals surface area (Å²) in [7, 11) is 0. The van der Waals surface area contributed by atoms with Crippen molar-refractivity contribution < 1.29 is 0 Å². The summed E-state index contributed by atoms with van der Waals surface area (Å²) >= 11 is 0. The molecule has 2 aromatic rings. The quantitative estimate of drug-likeness (QED) is 0.927. The molecule has 1 N–H and O–H groups in total. The van der Waals surface area contributed by atoms with Crippen LogP contribution in [0.25, 0.3) is 0 Å². The van der Waals surface area contributed by atoms with Gasteiger partial charge in [0.15, 0.2) is 5.82 Å². The first-order valence-electron chi connectivity index (χ1n) is 9.04. The van der Waals surface area contributed by atoms with Crippen LogP contribution in [0.2, 0.25) is 0 Å². The Hall–Kier alpha value is -2.05. The Kier molecular flexibility index (Phi) is 3.11. The molecule has 1 saturated heterocycles. The number of aromatic amines is 1. The number of nitrogens with one attached hydrogen (secondary N) is 1. The van der Waals surface area contributed by atoms with Crippen molar-refractivity contribution in [1.82, 2.24) is 30.4 Å². The number of aromatic nitrogens is 6. The van der Waals surface area contributed by atoms with Crippen LogP contribution < -0.4 is 4.90 Å². The highest BCUT2D eigenvalue weighted by molar-refractivity contribution is 5.35. The normalized spacial score (nSPS) is 27.0. The highest BCUT2D eigenvalue weighted by Crippen LogP contribution is 2.48. The van der Waals surface area contributed by atoms with E-state index in [1.807, 2.05) is 13.8 Å². The first-order valence-corrected chi connectivity index (χ1v) is 9.04. The van der Waals surface area contributed by atoms with Gasteiger partial charge in [-0.15, -0.1) is 5.10 Å². The van der Waals surface area contributed by atoms with Crippen molar-refractivity contribution in [3.63, 3.8) is 0 Å². The molecule has 3 fully saturated rings. The molecule has 7 nitrogen and oxygen atoms in total. The lowest BCUT2D eigenvalue weighted by Gasteiger charge is -2.15. The third-order valence-corrected chi connectivity index (χ3v) is 5.77. The predicted octanol–water partition coefficient (Wildman–Crippen LogP) is 2.11. The predicted molar refractivity (Wildman–Crippen MR) is 88.8 cm³/mol. The third kappa shape index (κ3) is 2.46. The molecule has 24 heavy (non-hydrogen) atoms. The molecule has 3 heterocycles. The number of hydrogen-bond donors (Lipinski definition) is 1. The van der Waals surface area contributed by atoms with Gasteiger partial charge in [-0.25, -0.2) is 9.97 Å². The van der Waals surface area contributed by atoms with E-state index in [0.29, 0.717) is 17.8 Å². The highest BCUT2D eigenvalue weighted by atomic mass is 15.3. The number of nitrogens with zero attached hydrogens (tertiary/aromatic N) is 6. The van der Waals surface area contributed by atoms with Gasteiger partial charge in [-0.05, 0) is 51.4 Å². The van der Waals surface area contributed by atoms with E-state index in [0.717, 1.165) is 48.0 Å². The van der Waals surface area contributed by atoms with Gasteiger partial charge in [-0.3, -0.25) is 5.10 Å². The van der Waals surface area contributed by atoms with Crippen LogP contribution in [0.4, 0.5) is 5.95 Å². The molecule has 0 unspecified atom stereocenters. The molecule has 0 radical (unpaired) electrons. The van der Waals surface area contributed by atoms with Crippen LogP contribution in [0.3, 0.4) is 0 Å². The molecule has 0 bridgehead atoms. The Morgan fingerprint density at radius 3 is 2.50 bits per heavy atom. The van der Waals surface area contributed by atoms with Gasteiger partial charge in [0.25, 0.3) is 0 Å². The lowest BCUT2D eigenvalue weighted by Crippen LogP contribution is -2.23. The minimum atomic E-state index is 0.405. The van der Waals surface area contributed by atoms with E-state index in [4.69, 9.17) is 4.98 Å². The number of anilines is 1. The van der Waals surface area contributed by atoms with Crippen molar-refractivity contribution in [3.8, 4) is 0 Å². The molecular weight excluding hydrogens is 302 g/mol. The Morgan fingerprint density at radius 2 is 1.79 bits per heavy atom. The van der Waals surface area contributed by atoms with Gasteiger partial charge in [0.05, 0.1) is 11.4 Å². The van der Waals surface area contributed by atoms with Gasteiger partial charge in [-0.2, -0.15) is 10.2 Å². The Morgan fingerprint density at radius 1 is 0.958 bits per heavy atom. The summed E-state index contributed by atoms with van der Waals surface area (Å²) in [6.07, 6.45) is 5.15. The van der Waals surface area contributed by atoms with Crippen LogP contribution >= 0.6 is 0 Å². The zero-order chi connectivity index (χ0) is 16.3. The molecule has 2 aliphatic carbocycles. The maximum Gasteiger partial charge on any atom is 0.245 e. The standard InChI is InChI=1S/C17H23N7/c1-9-10(2)20-23-17(18-9)24-7-13(11-3-4-11)14(8-24)16-19-15(21-22-16)12-5-6-12/h11-14H,3-8H2,1-2H3,(H,19,21,22)/t13-,14+/m1/s1. The molecule has 0 spiro atoms. The van der Waals surface area contributed by atoms with Gasteiger partial charge >= 0.3 is 0 Å². The lowest BCUT2D eigenvalue weighted by atomic mass is 9.91. The SMILES string of the molecule is Cc1nnc(N2C[C@H](c3nc(C4CC4)n[nH]3)[C@@H](C3CC3)C2)nc1C. The van der Waals surface area contributed by atoms with Crippen LogP contribution in [0.1, 0.15) is 60.6 Å². The van der Waals surface area contributed by atoms with Gasteiger partial charge < -0.3 is 4.90 Å². The molecule has 2 saturated carbocycles. The average molecular weight is 325 g/mol. The topological polar surface area (TPSA) is 83.5 Å². The van der Waals surface area contributed by atoms with Gasteiger partial charge in [-0.1, -0.05) is 0 Å². The third-order valence-electron chi connectivity index (χ3n) is 5.77. The monoisotopic (exact) mass is 325 g/mol. The summed E-state index contributed by atoms with van der Waals surface area (Å²) in [5.74, 6) is 5.27. The molecule has 5 rings (SSSR count). The van der Waals surface area contributed by atoms with Crippen LogP contribution in [-0.4, -0.2) is 43.5 Å². The number of H-pyrrole nitrogens is 1. The summed E-state index contributed by atoms with van der Waals surface area (Å²) in [5, 5.41) is 16.3. The minimum Gasteiger partial charge on any atom is -0.338 e. The van der Waals surface area contributed by atoms with Gasteiger partial charge in [0.1, 0.15) is 5.82 Å². The summed E-state index contributed by atoms with van der Waals surface area (Å²) < 4.78 is 0. The van der Waals surface area contributed by atoms with Crippen molar-refractivity contribution in [1.29, 1.82) is 0 Å². The second kappa shape index (κ2) is 5.22. The Labute approximate surface area is 141 Å². The van der Waals surface area contributed by atoms with Crippen LogP contribution in [-0.2, 0) is 0 Å². The molecule has 1 aliphatic heterocycles. The van der Waals surface area contributed by atoms with E-state index in [1.54, 1.807) is 0 Å². The molecule has 2 atom stereocenters. The van der Waals surface area contributed by atoms with E-state index >= 15 is 0 Å². The fourth-order valence-electron chi connectivity index (χ4n) is 3.84. The van der Waals surface area contributed by atoms with Crippen molar-refractivity contribution in [3.05, 3.63) is 23.0 Å². The molecular formula is C17H23N7. The van der Waals surface area contributed by atoms with E-state index in [2.05, 4.69) is 30.3 Å². The minimum absolute atomic E-state index is 0.405. The molecule has 2 aromatic heterocycles. The van der Waals surface area contributed by atoms with E-state index in [1.165, 1.54) is 25.7 Å². The fourth-order valence-corrected chi connectivity index (χ4v) is 3.84. The molecule has 0 amide bonds. The number of aryl methyl sites for hydroxylation is 2. The zero-order valence-corrected chi connectivity index (χ0v) is 14.2. The van der Waals surface area contributed by atoms with E-state index in [-0.39, 0.29) is 0 Å². The van der Waals surface area contributed by atoms with Crippen molar-refractivity contribution in [2.45, 2.75) is 51.4 Å². The summed E-state index contributed by atoms with van der Waals surface area (Å²) in [5.41, 5.74) is 1.86. The van der Waals surface area contributed by atoms with Crippen molar-refractivity contribution >= 4 is 5.95 Å². The molecule has 7 heteroatoms. The largest absolute Gasteiger partial charge is 0.338 e. The Bertz CT molecular complexity index is 762. The fraction of sp³-hybridized carbons (Fsp3) is 0.706. The van der Waals surface area contributed by atoms with E-state index < -0.39 is 0 Å². The first-order chi connectivity index (χ1) is 11.7. The van der Waals surface area contributed by atoms with Crippen molar-refractivity contribution in [2.24, 2.45) is 11.8 Å². The summed E-state index contributed by atoms with van der Waals surface area (Å²) in [4.78, 5) is 11.8. The maximum atomic E-state index is 4.82. The van der Waals surface area contributed by atoms with Crippen LogP contribution in [0.15, 0.2) is 0 Å². The average Bonchev–Trinajstić information content (AvgIpc) is 3.51. The highest BCUT2D eigenvalue weighted by Gasteiger charge is 2.45. The molecule has 3 aliphatic rings. The number of rotatable bonds is 4.